The van der Waals surface area contributed by atoms with Crippen molar-refractivity contribution in [1.82, 2.24) is 19.7 Å². The maximum absolute atomic E-state index is 11.2. The van der Waals surface area contributed by atoms with Gasteiger partial charge in [0.2, 0.25) is 0 Å². The van der Waals surface area contributed by atoms with E-state index in [0.29, 0.717) is 5.65 Å². The Morgan fingerprint density at radius 3 is 2.89 bits per heavy atom. The van der Waals surface area contributed by atoms with E-state index in [1.165, 1.54) is 0 Å². The molecular weight excluding hydrogens is 244 g/mol. The van der Waals surface area contributed by atoms with E-state index in [2.05, 4.69) is 15.1 Å². The van der Waals surface area contributed by atoms with Crippen molar-refractivity contribution in [2.45, 2.75) is 0 Å². The average Bonchev–Trinajstić information content (AvgIpc) is 2.80. The van der Waals surface area contributed by atoms with Crippen molar-refractivity contribution in [3.8, 4) is 11.1 Å². The van der Waals surface area contributed by atoms with E-state index in [1.807, 2.05) is 6.07 Å². The summed E-state index contributed by atoms with van der Waals surface area (Å²) < 4.78 is 1.56. The zero-order chi connectivity index (χ0) is 13.4. The van der Waals surface area contributed by atoms with Gasteiger partial charge in [0.25, 0.3) is 0 Å². The van der Waals surface area contributed by atoms with Gasteiger partial charge in [-0.25, -0.2) is 9.78 Å². The minimum atomic E-state index is -1.06. The number of pyridine rings is 2. The fourth-order valence-electron chi connectivity index (χ4n) is 1.98. The first-order chi connectivity index (χ1) is 9.16. The zero-order valence-corrected chi connectivity index (χ0v) is 10.1. The predicted octanol–water partition coefficient (Wildman–Crippen LogP) is 1.73. The van der Waals surface area contributed by atoms with E-state index in [0.717, 1.165) is 16.5 Å². The molecule has 19 heavy (non-hydrogen) atoms. The smallest absolute Gasteiger partial charge is 0.354 e. The highest BCUT2D eigenvalue weighted by atomic mass is 16.4. The van der Waals surface area contributed by atoms with Gasteiger partial charge in [-0.15, -0.1) is 0 Å². The molecule has 1 N–H and O–H groups in total. The summed E-state index contributed by atoms with van der Waals surface area (Å²) >= 11 is 0. The van der Waals surface area contributed by atoms with E-state index >= 15 is 0 Å². The molecule has 0 fully saturated rings. The fourth-order valence-corrected chi connectivity index (χ4v) is 1.98. The lowest BCUT2D eigenvalue weighted by atomic mass is 10.0. The summed E-state index contributed by atoms with van der Waals surface area (Å²) in [6.45, 7) is 0. The molecule has 0 saturated carbocycles. The molecule has 0 amide bonds. The maximum Gasteiger partial charge on any atom is 0.354 e. The standard InChI is InChI=1S/C13H10N4O2/c1-17-12-10(7-15-17)9(5-11(16-12)13(18)19)8-3-2-4-14-6-8/h2-7H,1H3,(H,18,19). The van der Waals surface area contributed by atoms with E-state index in [9.17, 15) is 4.79 Å². The number of rotatable bonds is 2. The van der Waals surface area contributed by atoms with Crippen LogP contribution in [0, 0.1) is 0 Å². The van der Waals surface area contributed by atoms with Gasteiger partial charge >= 0.3 is 5.97 Å². The third-order valence-electron chi connectivity index (χ3n) is 2.90. The molecule has 0 aliphatic heterocycles. The number of hydrogen-bond donors (Lipinski definition) is 1. The Kier molecular flexibility index (Phi) is 2.49. The SMILES string of the molecule is Cn1ncc2c(-c3cccnc3)cc(C(=O)O)nc21. The Balaban J connectivity index is 2.37. The highest BCUT2D eigenvalue weighted by Gasteiger charge is 2.14. The normalized spacial score (nSPS) is 10.8. The first kappa shape index (κ1) is 11.3. The molecule has 0 aliphatic rings. The third-order valence-corrected chi connectivity index (χ3v) is 2.90. The summed E-state index contributed by atoms with van der Waals surface area (Å²) in [6, 6.07) is 5.22. The Bertz CT molecular complexity index is 765. The highest BCUT2D eigenvalue weighted by Crippen LogP contribution is 2.27. The Morgan fingerprint density at radius 1 is 1.37 bits per heavy atom. The van der Waals surface area contributed by atoms with Crippen LogP contribution in [0.1, 0.15) is 10.5 Å². The number of nitrogens with zero attached hydrogens (tertiary/aromatic N) is 4. The van der Waals surface area contributed by atoms with Gasteiger partial charge in [0, 0.05) is 30.4 Å². The number of aromatic carboxylic acids is 1. The average molecular weight is 254 g/mol. The summed E-state index contributed by atoms with van der Waals surface area (Å²) in [5.74, 6) is -1.06. The number of carboxylic acids is 1. The Hall–Kier alpha value is -2.76. The van der Waals surface area contributed by atoms with E-state index in [1.54, 1.807) is 42.5 Å². The van der Waals surface area contributed by atoms with Crippen LogP contribution in [0.4, 0.5) is 0 Å². The van der Waals surface area contributed by atoms with Crippen molar-refractivity contribution in [1.29, 1.82) is 0 Å². The molecule has 0 spiro atoms. The van der Waals surface area contributed by atoms with Crippen LogP contribution in [0.25, 0.3) is 22.2 Å². The topological polar surface area (TPSA) is 80.9 Å². The molecule has 6 nitrogen and oxygen atoms in total. The van der Waals surface area contributed by atoms with E-state index < -0.39 is 5.97 Å². The zero-order valence-electron chi connectivity index (χ0n) is 10.1. The second kappa shape index (κ2) is 4.16. The van der Waals surface area contributed by atoms with Gasteiger partial charge in [-0.05, 0) is 17.7 Å². The molecule has 0 bridgehead atoms. The van der Waals surface area contributed by atoms with Gasteiger partial charge in [0.05, 0.1) is 6.20 Å². The largest absolute Gasteiger partial charge is 0.477 e. The van der Waals surface area contributed by atoms with Crippen molar-refractivity contribution >= 4 is 17.0 Å². The molecule has 3 rings (SSSR count). The first-order valence-electron chi connectivity index (χ1n) is 5.63. The monoisotopic (exact) mass is 254 g/mol. The van der Waals surface area contributed by atoms with Crippen molar-refractivity contribution in [3.05, 3.63) is 42.5 Å². The molecule has 0 radical (unpaired) electrons. The van der Waals surface area contributed by atoms with Gasteiger partial charge in [-0.2, -0.15) is 5.10 Å². The van der Waals surface area contributed by atoms with Gasteiger partial charge in [-0.3, -0.25) is 9.67 Å². The van der Waals surface area contributed by atoms with E-state index in [-0.39, 0.29) is 5.69 Å². The number of carbonyl (C=O) groups is 1. The van der Waals surface area contributed by atoms with Gasteiger partial charge < -0.3 is 5.11 Å². The minimum Gasteiger partial charge on any atom is -0.477 e. The van der Waals surface area contributed by atoms with Crippen LogP contribution in [0.15, 0.2) is 36.8 Å². The van der Waals surface area contributed by atoms with Crippen LogP contribution in [0.5, 0.6) is 0 Å². The number of fused-ring (bicyclic) bond motifs is 1. The van der Waals surface area contributed by atoms with Crippen LogP contribution in [0.2, 0.25) is 0 Å². The van der Waals surface area contributed by atoms with Gasteiger partial charge in [0.15, 0.2) is 11.3 Å². The molecule has 3 heterocycles. The molecule has 0 aliphatic carbocycles. The predicted molar refractivity (Wildman–Crippen MR) is 68.7 cm³/mol. The molecular formula is C13H10N4O2. The van der Waals surface area contributed by atoms with Crippen molar-refractivity contribution in [3.63, 3.8) is 0 Å². The van der Waals surface area contributed by atoms with Gasteiger partial charge in [0.1, 0.15) is 0 Å². The molecule has 94 valence electrons. The number of hydrogen-bond acceptors (Lipinski definition) is 4. The highest BCUT2D eigenvalue weighted by molar-refractivity contribution is 5.97. The van der Waals surface area contributed by atoms with Crippen LogP contribution < -0.4 is 0 Å². The lowest BCUT2D eigenvalue weighted by Crippen LogP contribution is -2.03. The molecule has 0 atom stereocenters. The summed E-state index contributed by atoms with van der Waals surface area (Å²) in [5.41, 5.74) is 2.14. The lowest BCUT2D eigenvalue weighted by molar-refractivity contribution is 0.0691. The third kappa shape index (κ3) is 1.83. The van der Waals surface area contributed by atoms with Gasteiger partial charge in [-0.1, -0.05) is 6.07 Å². The van der Waals surface area contributed by atoms with Crippen molar-refractivity contribution < 1.29 is 9.90 Å². The van der Waals surface area contributed by atoms with Crippen molar-refractivity contribution in [2.75, 3.05) is 0 Å². The maximum atomic E-state index is 11.2. The summed E-state index contributed by atoms with van der Waals surface area (Å²) in [6.07, 6.45) is 5.03. The molecule has 3 aromatic heterocycles. The fraction of sp³-hybridized carbons (Fsp3) is 0.0769. The second-order valence-electron chi connectivity index (χ2n) is 4.11. The number of carboxylic acid groups (broad SMARTS) is 1. The molecule has 0 saturated heterocycles. The van der Waals surface area contributed by atoms with Crippen molar-refractivity contribution in [2.24, 2.45) is 7.05 Å². The Morgan fingerprint density at radius 2 is 2.21 bits per heavy atom. The van der Waals surface area contributed by atoms with Crippen LogP contribution >= 0.6 is 0 Å². The molecule has 3 aromatic rings. The minimum absolute atomic E-state index is 0.00467. The van der Waals surface area contributed by atoms with E-state index in [4.69, 9.17) is 5.11 Å². The van der Waals surface area contributed by atoms with Crippen LogP contribution in [-0.4, -0.2) is 30.8 Å². The molecule has 0 aromatic carbocycles. The molecule has 0 unspecified atom stereocenters. The van der Waals surface area contributed by atoms with Crippen LogP contribution in [0.3, 0.4) is 0 Å². The summed E-state index contributed by atoms with van der Waals surface area (Å²) in [5, 5.41) is 14.1. The Labute approximate surface area is 108 Å². The van der Waals surface area contributed by atoms with Crippen LogP contribution in [-0.2, 0) is 7.05 Å². The quantitative estimate of drug-likeness (QED) is 0.753. The molecule has 6 heteroatoms. The first-order valence-corrected chi connectivity index (χ1v) is 5.63. The number of aryl methyl sites for hydroxylation is 1. The lowest BCUT2D eigenvalue weighted by Gasteiger charge is -2.05. The number of aromatic nitrogens is 4. The summed E-state index contributed by atoms with van der Waals surface area (Å²) in [7, 11) is 1.73. The second-order valence-corrected chi connectivity index (χ2v) is 4.11. The summed E-state index contributed by atoms with van der Waals surface area (Å²) in [4.78, 5) is 19.3.